The lowest BCUT2D eigenvalue weighted by Crippen LogP contribution is -2.06. The summed E-state index contributed by atoms with van der Waals surface area (Å²) in [5.74, 6) is 2.31. The summed E-state index contributed by atoms with van der Waals surface area (Å²) in [6.45, 7) is 1.53. The molecule has 1 aromatic heterocycles. The van der Waals surface area contributed by atoms with Gasteiger partial charge in [0.05, 0.1) is 39.7 Å². The number of carbonyl (C=O) groups excluding carboxylic acids is 1. The molecule has 0 spiro atoms. The van der Waals surface area contributed by atoms with Crippen molar-refractivity contribution in [2.45, 2.75) is 13.3 Å². The maximum absolute atomic E-state index is 12.3. The molecule has 0 N–H and O–H groups in total. The Kier molecular flexibility index (Phi) is 5.68. The maximum atomic E-state index is 12.3. The van der Waals surface area contributed by atoms with Gasteiger partial charge in [-0.25, -0.2) is 0 Å². The number of hydrogen-bond acceptors (Lipinski definition) is 6. The van der Waals surface area contributed by atoms with E-state index in [0.717, 1.165) is 22.0 Å². The Morgan fingerprint density at radius 2 is 1.57 bits per heavy atom. The first-order valence-electron chi connectivity index (χ1n) is 8.77. The fourth-order valence-electron chi connectivity index (χ4n) is 3.34. The lowest BCUT2D eigenvalue weighted by atomic mass is 9.96. The van der Waals surface area contributed by atoms with Crippen molar-refractivity contribution in [2.75, 3.05) is 28.4 Å². The van der Waals surface area contributed by atoms with Crippen molar-refractivity contribution in [1.82, 2.24) is 4.98 Å². The number of fused-ring (bicyclic) bond motifs is 1. The molecule has 0 saturated heterocycles. The van der Waals surface area contributed by atoms with Crippen molar-refractivity contribution in [3.05, 3.63) is 53.3 Å². The summed E-state index contributed by atoms with van der Waals surface area (Å²) in [7, 11) is 6.32. The highest BCUT2D eigenvalue weighted by molar-refractivity contribution is 5.99. The van der Waals surface area contributed by atoms with E-state index in [1.807, 2.05) is 24.3 Å². The SMILES string of the molecule is COc1cc(Cc2nccc3cc(OC)c(OC)cc23)c(C(C)=O)c(OC)c1. The fourth-order valence-corrected chi connectivity index (χ4v) is 3.34. The highest BCUT2D eigenvalue weighted by Crippen LogP contribution is 2.35. The van der Waals surface area contributed by atoms with Gasteiger partial charge in [0.1, 0.15) is 11.5 Å². The fraction of sp³-hybridized carbons (Fsp3) is 0.273. The molecule has 2 aromatic carbocycles. The molecular weight excluding hydrogens is 358 g/mol. The summed E-state index contributed by atoms with van der Waals surface area (Å²) in [5.41, 5.74) is 2.14. The molecule has 0 fully saturated rings. The topological polar surface area (TPSA) is 66.9 Å². The van der Waals surface area contributed by atoms with Crippen molar-refractivity contribution in [2.24, 2.45) is 0 Å². The number of rotatable bonds is 7. The molecule has 3 aromatic rings. The molecule has 0 saturated carbocycles. The van der Waals surface area contributed by atoms with Gasteiger partial charge in [0, 0.05) is 24.1 Å². The third kappa shape index (κ3) is 3.58. The Morgan fingerprint density at radius 1 is 0.893 bits per heavy atom. The lowest BCUT2D eigenvalue weighted by Gasteiger charge is -2.15. The minimum Gasteiger partial charge on any atom is -0.497 e. The lowest BCUT2D eigenvalue weighted by molar-refractivity contribution is 0.101. The first-order chi connectivity index (χ1) is 13.5. The van der Waals surface area contributed by atoms with Crippen molar-refractivity contribution in [3.8, 4) is 23.0 Å². The Balaban J connectivity index is 2.18. The largest absolute Gasteiger partial charge is 0.497 e. The number of Topliss-reactive ketones (excluding diaryl/α,β-unsaturated/α-hetero) is 1. The molecule has 0 unspecified atom stereocenters. The Morgan fingerprint density at radius 3 is 2.18 bits per heavy atom. The molecule has 28 heavy (non-hydrogen) atoms. The van der Waals surface area contributed by atoms with Gasteiger partial charge in [0.15, 0.2) is 17.3 Å². The van der Waals surface area contributed by atoms with Crippen LogP contribution in [0.1, 0.15) is 28.5 Å². The molecule has 0 aliphatic carbocycles. The number of benzene rings is 2. The molecule has 0 aliphatic heterocycles. The predicted molar refractivity (Wildman–Crippen MR) is 107 cm³/mol. The Labute approximate surface area is 164 Å². The minimum absolute atomic E-state index is 0.0750. The molecule has 3 rings (SSSR count). The van der Waals surface area contributed by atoms with Crippen LogP contribution in [0.4, 0.5) is 0 Å². The average Bonchev–Trinajstić information content (AvgIpc) is 2.71. The highest BCUT2D eigenvalue weighted by atomic mass is 16.5. The van der Waals surface area contributed by atoms with E-state index in [0.29, 0.717) is 35.0 Å². The zero-order valence-corrected chi connectivity index (χ0v) is 16.7. The number of methoxy groups -OCH3 is 4. The molecule has 0 amide bonds. The van der Waals surface area contributed by atoms with E-state index in [1.54, 1.807) is 33.6 Å². The van der Waals surface area contributed by atoms with E-state index in [4.69, 9.17) is 18.9 Å². The molecule has 6 heteroatoms. The van der Waals surface area contributed by atoms with E-state index >= 15 is 0 Å². The second kappa shape index (κ2) is 8.17. The van der Waals surface area contributed by atoms with Gasteiger partial charge in [-0.2, -0.15) is 0 Å². The zero-order chi connectivity index (χ0) is 20.3. The van der Waals surface area contributed by atoms with E-state index in [1.165, 1.54) is 14.0 Å². The predicted octanol–water partition coefficient (Wildman–Crippen LogP) is 4.06. The van der Waals surface area contributed by atoms with Crippen LogP contribution < -0.4 is 18.9 Å². The highest BCUT2D eigenvalue weighted by Gasteiger charge is 2.18. The van der Waals surface area contributed by atoms with Gasteiger partial charge < -0.3 is 18.9 Å². The van der Waals surface area contributed by atoms with Gasteiger partial charge in [-0.3, -0.25) is 9.78 Å². The van der Waals surface area contributed by atoms with E-state index < -0.39 is 0 Å². The molecule has 146 valence electrons. The zero-order valence-electron chi connectivity index (χ0n) is 16.7. The van der Waals surface area contributed by atoms with Crippen molar-refractivity contribution in [3.63, 3.8) is 0 Å². The standard InChI is InChI=1S/C22H23NO5/c1-13(24)22-15(8-16(25-2)11-21(22)28-5)9-18-17-12-20(27-4)19(26-3)10-14(17)6-7-23-18/h6-8,10-12H,9H2,1-5H3. The number of nitrogens with zero attached hydrogens (tertiary/aromatic N) is 1. The van der Waals surface area contributed by atoms with Crippen molar-refractivity contribution >= 4 is 16.6 Å². The van der Waals surface area contributed by atoms with Gasteiger partial charge in [0.25, 0.3) is 0 Å². The molecular formula is C22H23NO5. The third-order valence-corrected chi connectivity index (χ3v) is 4.67. The van der Waals surface area contributed by atoms with Gasteiger partial charge in [-0.1, -0.05) is 0 Å². The summed E-state index contributed by atoms with van der Waals surface area (Å²) >= 11 is 0. The maximum Gasteiger partial charge on any atom is 0.163 e. The number of ether oxygens (including phenoxy) is 4. The van der Waals surface area contributed by atoms with Crippen LogP contribution in [0.2, 0.25) is 0 Å². The van der Waals surface area contributed by atoms with Crippen LogP contribution in [0.5, 0.6) is 23.0 Å². The van der Waals surface area contributed by atoms with Crippen LogP contribution in [0.3, 0.4) is 0 Å². The number of hydrogen-bond donors (Lipinski definition) is 0. The molecule has 6 nitrogen and oxygen atoms in total. The van der Waals surface area contributed by atoms with Crippen LogP contribution in [0.15, 0.2) is 36.5 Å². The monoisotopic (exact) mass is 381 g/mol. The van der Waals surface area contributed by atoms with E-state index in [-0.39, 0.29) is 5.78 Å². The second-order valence-corrected chi connectivity index (χ2v) is 6.28. The summed E-state index contributed by atoms with van der Waals surface area (Å²) in [6, 6.07) is 9.29. The van der Waals surface area contributed by atoms with E-state index in [9.17, 15) is 4.79 Å². The van der Waals surface area contributed by atoms with Crippen molar-refractivity contribution < 1.29 is 23.7 Å². The normalized spacial score (nSPS) is 10.6. The van der Waals surface area contributed by atoms with Gasteiger partial charge in [-0.15, -0.1) is 0 Å². The Hall–Kier alpha value is -3.28. The molecule has 0 aliphatic rings. The van der Waals surface area contributed by atoms with Crippen molar-refractivity contribution in [1.29, 1.82) is 0 Å². The number of carbonyl (C=O) groups is 1. The summed E-state index contributed by atoms with van der Waals surface area (Å²) in [4.78, 5) is 16.9. The Bertz CT molecular complexity index is 1030. The second-order valence-electron chi connectivity index (χ2n) is 6.28. The molecule has 0 radical (unpaired) electrons. The van der Waals surface area contributed by atoms with Gasteiger partial charge >= 0.3 is 0 Å². The smallest absolute Gasteiger partial charge is 0.163 e. The summed E-state index contributed by atoms with van der Waals surface area (Å²) in [5, 5.41) is 1.90. The van der Waals surface area contributed by atoms with Crippen LogP contribution >= 0.6 is 0 Å². The number of pyridine rings is 1. The van der Waals surface area contributed by atoms with Crippen LogP contribution in [0.25, 0.3) is 10.8 Å². The molecule has 0 bridgehead atoms. The third-order valence-electron chi connectivity index (χ3n) is 4.67. The average molecular weight is 381 g/mol. The summed E-state index contributed by atoms with van der Waals surface area (Å²) in [6.07, 6.45) is 2.18. The van der Waals surface area contributed by atoms with Crippen LogP contribution in [-0.4, -0.2) is 39.2 Å². The minimum atomic E-state index is -0.0750. The van der Waals surface area contributed by atoms with E-state index in [2.05, 4.69) is 4.98 Å². The number of ketones is 1. The first-order valence-corrected chi connectivity index (χ1v) is 8.77. The number of aromatic nitrogens is 1. The van der Waals surface area contributed by atoms with Gasteiger partial charge in [0.2, 0.25) is 0 Å². The quantitative estimate of drug-likeness (QED) is 0.575. The summed E-state index contributed by atoms with van der Waals surface area (Å²) < 4.78 is 21.6. The molecule has 0 atom stereocenters. The van der Waals surface area contributed by atoms with Crippen LogP contribution in [-0.2, 0) is 6.42 Å². The van der Waals surface area contributed by atoms with Crippen LogP contribution in [0, 0.1) is 0 Å². The molecule has 1 heterocycles. The first kappa shape index (κ1) is 19.5. The van der Waals surface area contributed by atoms with Gasteiger partial charge in [-0.05, 0) is 42.1 Å².